The fourth-order valence-corrected chi connectivity index (χ4v) is 1.98. The maximum absolute atomic E-state index is 3.45. The molecule has 0 atom stereocenters. The highest BCUT2D eigenvalue weighted by atomic mass is 14.9. The number of nitrogens with zero attached hydrogens (tertiary/aromatic N) is 1. The van der Waals surface area contributed by atoms with Gasteiger partial charge in [0, 0.05) is 31.2 Å². The minimum Gasteiger partial charge on any atom is -0.381 e. The molecule has 0 unspecified atom stereocenters. The summed E-state index contributed by atoms with van der Waals surface area (Å²) in [5, 5.41) is 3.45. The van der Waals surface area contributed by atoms with Crippen molar-refractivity contribution >= 4 is 5.69 Å². The molecule has 1 N–H and O–H groups in total. The zero-order valence-corrected chi connectivity index (χ0v) is 11.5. The van der Waals surface area contributed by atoms with Crippen LogP contribution in [-0.4, -0.2) is 4.57 Å². The van der Waals surface area contributed by atoms with Crippen LogP contribution in [0.5, 0.6) is 0 Å². The maximum atomic E-state index is 3.45. The van der Waals surface area contributed by atoms with Gasteiger partial charge in [-0.2, -0.15) is 0 Å². The number of rotatable bonds is 5. The first kappa shape index (κ1) is 12.7. The second kappa shape index (κ2) is 5.76. The molecule has 0 aliphatic carbocycles. The fraction of sp³-hybridized carbons (Fsp3) is 0.375. The van der Waals surface area contributed by atoms with E-state index in [-0.39, 0.29) is 0 Å². The monoisotopic (exact) mass is 242 g/mol. The van der Waals surface area contributed by atoms with E-state index >= 15 is 0 Å². The largest absolute Gasteiger partial charge is 0.381 e. The van der Waals surface area contributed by atoms with E-state index in [0.29, 0.717) is 5.92 Å². The van der Waals surface area contributed by atoms with Crippen LogP contribution in [0.3, 0.4) is 0 Å². The van der Waals surface area contributed by atoms with Crippen LogP contribution < -0.4 is 5.32 Å². The van der Waals surface area contributed by atoms with Crippen LogP contribution in [0.4, 0.5) is 5.69 Å². The van der Waals surface area contributed by atoms with Gasteiger partial charge in [0.05, 0.1) is 0 Å². The predicted molar refractivity (Wildman–Crippen MR) is 78.0 cm³/mol. The summed E-state index contributed by atoms with van der Waals surface area (Å²) in [5.41, 5.74) is 3.89. The molecule has 0 radical (unpaired) electrons. The van der Waals surface area contributed by atoms with Gasteiger partial charge in [-0.3, -0.25) is 0 Å². The van der Waals surface area contributed by atoms with Crippen molar-refractivity contribution in [3.8, 4) is 0 Å². The minimum absolute atomic E-state index is 0.595. The maximum Gasteiger partial charge on any atom is 0.0415 e. The molecule has 1 aromatic carbocycles. The van der Waals surface area contributed by atoms with E-state index < -0.39 is 0 Å². The number of nitrogens with one attached hydrogen (secondary N) is 1. The van der Waals surface area contributed by atoms with E-state index in [1.165, 1.54) is 16.8 Å². The van der Waals surface area contributed by atoms with Crippen molar-refractivity contribution in [1.29, 1.82) is 0 Å². The standard InChI is InChI=1S/C16H22N2/c1-4-18-10-9-14(12-18)11-17-16-7-5-15(6-8-16)13(2)3/h5-10,12-13,17H,4,11H2,1-3H3. The Morgan fingerprint density at radius 1 is 1.11 bits per heavy atom. The Balaban J connectivity index is 1.93. The third kappa shape index (κ3) is 3.16. The van der Waals surface area contributed by atoms with Gasteiger partial charge in [0.1, 0.15) is 0 Å². The first-order valence-corrected chi connectivity index (χ1v) is 6.67. The first-order valence-electron chi connectivity index (χ1n) is 6.67. The number of benzene rings is 1. The Hall–Kier alpha value is -1.70. The summed E-state index contributed by atoms with van der Waals surface area (Å²) < 4.78 is 2.19. The van der Waals surface area contributed by atoms with Crippen molar-refractivity contribution in [2.24, 2.45) is 0 Å². The van der Waals surface area contributed by atoms with E-state index in [9.17, 15) is 0 Å². The van der Waals surface area contributed by atoms with Crippen molar-refractivity contribution in [3.63, 3.8) is 0 Å². The van der Waals surface area contributed by atoms with E-state index in [2.05, 4.69) is 73.4 Å². The van der Waals surface area contributed by atoms with Crippen molar-refractivity contribution in [3.05, 3.63) is 53.9 Å². The second-order valence-corrected chi connectivity index (χ2v) is 4.98. The summed E-state index contributed by atoms with van der Waals surface area (Å²) in [4.78, 5) is 0. The molecule has 0 aliphatic heterocycles. The molecule has 0 saturated carbocycles. The Bertz CT molecular complexity index is 480. The predicted octanol–water partition coefficient (Wildman–Crippen LogP) is 4.24. The molecule has 2 aromatic rings. The van der Waals surface area contributed by atoms with Gasteiger partial charge in [-0.1, -0.05) is 26.0 Å². The fourth-order valence-electron chi connectivity index (χ4n) is 1.98. The molecule has 0 saturated heterocycles. The molecular formula is C16H22N2. The summed E-state index contributed by atoms with van der Waals surface area (Å²) >= 11 is 0. The molecule has 2 rings (SSSR count). The Morgan fingerprint density at radius 3 is 2.39 bits per heavy atom. The van der Waals surface area contributed by atoms with Crippen LogP contribution >= 0.6 is 0 Å². The van der Waals surface area contributed by atoms with Crippen LogP contribution in [0.25, 0.3) is 0 Å². The van der Waals surface area contributed by atoms with Crippen LogP contribution in [-0.2, 0) is 13.1 Å². The first-order chi connectivity index (χ1) is 8.69. The lowest BCUT2D eigenvalue weighted by atomic mass is 10.0. The second-order valence-electron chi connectivity index (χ2n) is 4.98. The van der Waals surface area contributed by atoms with Crippen molar-refractivity contribution in [1.82, 2.24) is 4.57 Å². The summed E-state index contributed by atoms with van der Waals surface area (Å²) in [6, 6.07) is 10.9. The number of hydrogen-bond donors (Lipinski definition) is 1. The number of hydrogen-bond acceptors (Lipinski definition) is 1. The summed E-state index contributed by atoms with van der Waals surface area (Å²) in [6.07, 6.45) is 4.31. The van der Waals surface area contributed by atoms with Gasteiger partial charge >= 0.3 is 0 Å². The van der Waals surface area contributed by atoms with Crippen molar-refractivity contribution in [2.75, 3.05) is 5.32 Å². The zero-order chi connectivity index (χ0) is 13.0. The molecule has 18 heavy (non-hydrogen) atoms. The van der Waals surface area contributed by atoms with Gasteiger partial charge in [-0.05, 0) is 42.2 Å². The quantitative estimate of drug-likeness (QED) is 0.829. The molecule has 0 aliphatic rings. The molecule has 96 valence electrons. The third-order valence-corrected chi connectivity index (χ3v) is 3.25. The summed E-state index contributed by atoms with van der Waals surface area (Å²) in [7, 11) is 0. The van der Waals surface area contributed by atoms with E-state index in [4.69, 9.17) is 0 Å². The normalized spacial score (nSPS) is 10.9. The molecule has 0 bridgehead atoms. The molecule has 2 nitrogen and oxygen atoms in total. The van der Waals surface area contributed by atoms with Gasteiger partial charge < -0.3 is 9.88 Å². The highest BCUT2D eigenvalue weighted by Crippen LogP contribution is 2.17. The van der Waals surface area contributed by atoms with Gasteiger partial charge in [-0.15, -0.1) is 0 Å². The Morgan fingerprint density at radius 2 is 1.83 bits per heavy atom. The molecule has 1 heterocycles. The average molecular weight is 242 g/mol. The van der Waals surface area contributed by atoms with Crippen molar-refractivity contribution < 1.29 is 0 Å². The Labute approximate surface area is 110 Å². The Kier molecular flexibility index (Phi) is 4.08. The van der Waals surface area contributed by atoms with Crippen LogP contribution in [0.1, 0.15) is 37.8 Å². The van der Waals surface area contributed by atoms with Crippen molar-refractivity contribution in [2.45, 2.75) is 39.8 Å². The third-order valence-electron chi connectivity index (χ3n) is 3.25. The zero-order valence-electron chi connectivity index (χ0n) is 11.5. The molecule has 1 aromatic heterocycles. The summed E-state index contributed by atoms with van der Waals surface area (Å²) in [5.74, 6) is 0.595. The molecule has 2 heteroatoms. The number of aromatic nitrogens is 1. The molecule has 0 amide bonds. The minimum atomic E-state index is 0.595. The van der Waals surface area contributed by atoms with Crippen LogP contribution in [0, 0.1) is 0 Å². The van der Waals surface area contributed by atoms with E-state index in [1.807, 2.05) is 0 Å². The lowest BCUT2D eigenvalue weighted by molar-refractivity contribution is 0.766. The van der Waals surface area contributed by atoms with E-state index in [1.54, 1.807) is 0 Å². The van der Waals surface area contributed by atoms with Gasteiger partial charge in [0.25, 0.3) is 0 Å². The number of anilines is 1. The SMILES string of the molecule is CCn1ccc(CNc2ccc(C(C)C)cc2)c1. The lowest BCUT2D eigenvalue weighted by Gasteiger charge is -2.08. The van der Waals surface area contributed by atoms with Gasteiger partial charge in [0.15, 0.2) is 0 Å². The highest BCUT2D eigenvalue weighted by Gasteiger charge is 1.99. The van der Waals surface area contributed by atoms with Gasteiger partial charge in [-0.25, -0.2) is 0 Å². The van der Waals surface area contributed by atoms with Gasteiger partial charge in [0.2, 0.25) is 0 Å². The smallest absolute Gasteiger partial charge is 0.0415 e. The van der Waals surface area contributed by atoms with Crippen LogP contribution in [0.15, 0.2) is 42.7 Å². The number of aryl methyl sites for hydroxylation is 1. The molecule has 0 spiro atoms. The lowest BCUT2D eigenvalue weighted by Crippen LogP contribution is -1.99. The van der Waals surface area contributed by atoms with E-state index in [0.717, 1.165) is 13.1 Å². The molecule has 0 fully saturated rings. The van der Waals surface area contributed by atoms with Crippen LogP contribution in [0.2, 0.25) is 0 Å². The topological polar surface area (TPSA) is 17.0 Å². The average Bonchev–Trinajstić information content (AvgIpc) is 2.85. The molecular weight excluding hydrogens is 220 g/mol. The highest BCUT2D eigenvalue weighted by molar-refractivity contribution is 5.45. The summed E-state index contributed by atoms with van der Waals surface area (Å²) in [6.45, 7) is 8.50.